The molecule has 12 heavy (non-hydrogen) atoms. The standard InChI is InChI=1S/C7H10N2O2.ClH/c1-5-2-7(11-9-5)3-6(10)4-8;/h2H,3-4,8H2,1H3;1H. The smallest absolute Gasteiger partial charge is 0.154 e. The van der Waals surface area contributed by atoms with Gasteiger partial charge in [-0.3, -0.25) is 4.79 Å². The van der Waals surface area contributed by atoms with Gasteiger partial charge in [-0.05, 0) is 6.92 Å². The van der Waals surface area contributed by atoms with Crippen molar-refractivity contribution in [3.63, 3.8) is 0 Å². The largest absolute Gasteiger partial charge is 0.361 e. The zero-order chi connectivity index (χ0) is 8.27. The molecule has 5 heteroatoms. The summed E-state index contributed by atoms with van der Waals surface area (Å²) in [6, 6.07) is 1.73. The molecule has 1 aromatic heterocycles. The van der Waals surface area contributed by atoms with Crippen LogP contribution >= 0.6 is 12.4 Å². The molecule has 0 saturated carbocycles. The van der Waals surface area contributed by atoms with Crippen molar-refractivity contribution in [2.24, 2.45) is 5.73 Å². The van der Waals surface area contributed by atoms with Crippen LogP contribution in [-0.2, 0) is 11.2 Å². The third-order valence-corrected chi connectivity index (χ3v) is 1.28. The summed E-state index contributed by atoms with van der Waals surface area (Å²) in [5.74, 6) is 0.541. The lowest BCUT2D eigenvalue weighted by molar-refractivity contribution is -0.117. The van der Waals surface area contributed by atoms with Crippen molar-refractivity contribution in [1.29, 1.82) is 0 Å². The predicted octanol–water partition coefficient (Wildman–Crippen LogP) is 0.475. The number of aromatic nitrogens is 1. The molecule has 68 valence electrons. The van der Waals surface area contributed by atoms with Crippen molar-refractivity contribution in [3.05, 3.63) is 17.5 Å². The number of hydrogen-bond donors (Lipinski definition) is 1. The molecule has 0 amide bonds. The Bertz CT molecular complexity index is 260. The predicted molar refractivity (Wildman–Crippen MR) is 46.3 cm³/mol. The molecule has 0 bridgehead atoms. The Hall–Kier alpha value is -0.870. The summed E-state index contributed by atoms with van der Waals surface area (Å²) in [7, 11) is 0. The van der Waals surface area contributed by atoms with Gasteiger partial charge in [0.2, 0.25) is 0 Å². The molecule has 0 spiro atoms. The third-order valence-electron chi connectivity index (χ3n) is 1.28. The molecule has 0 fully saturated rings. The number of ketones is 1. The van der Waals surface area contributed by atoms with Gasteiger partial charge in [0.15, 0.2) is 5.78 Å². The lowest BCUT2D eigenvalue weighted by atomic mass is 10.2. The van der Waals surface area contributed by atoms with Crippen molar-refractivity contribution in [3.8, 4) is 0 Å². The Labute approximate surface area is 76.5 Å². The molecule has 4 nitrogen and oxygen atoms in total. The number of aryl methyl sites for hydroxylation is 1. The maximum atomic E-state index is 10.8. The summed E-state index contributed by atoms with van der Waals surface area (Å²) in [6.45, 7) is 1.86. The van der Waals surface area contributed by atoms with Gasteiger partial charge in [0.05, 0.1) is 18.7 Å². The number of carbonyl (C=O) groups excluding carboxylic acids is 1. The van der Waals surface area contributed by atoms with Gasteiger partial charge in [0.1, 0.15) is 5.76 Å². The molecule has 1 heterocycles. The van der Waals surface area contributed by atoms with Gasteiger partial charge >= 0.3 is 0 Å². The molecule has 0 aromatic carbocycles. The van der Waals surface area contributed by atoms with E-state index in [-0.39, 0.29) is 31.2 Å². The molecular formula is C7H11ClN2O2. The first-order chi connectivity index (χ1) is 5.22. The van der Waals surface area contributed by atoms with Crippen LogP contribution in [0.4, 0.5) is 0 Å². The Morgan fingerprint density at radius 2 is 2.42 bits per heavy atom. The van der Waals surface area contributed by atoms with E-state index < -0.39 is 0 Å². The van der Waals surface area contributed by atoms with Crippen LogP contribution in [0, 0.1) is 6.92 Å². The summed E-state index contributed by atoms with van der Waals surface area (Å²) in [6.07, 6.45) is 0.247. The average Bonchev–Trinajstić information content (AvgIpc) is 2.35. The second-order valence-corrected chi connectivity index (χ2v) is 2.35. The van der Waals surface area contributed by atoms with Crippen LogP contribution in [0.5, 0.6) is 0 Å². The highest BCUT2D eigenvalue weighted by molar-refractivity contribution is 5.85. The fraction of sp³-hybridized carbons (Fsp3) is 0.429. The van der Waals surface area contributed by atoms with Gasteiger partial charge in [-0.15, -0.1) is 12.4 Å². The van der Waals surface area contributed by atoms with Crippen LogP contribution in [0.3, 0.4) is 0 Å². The average molecular weight is 191 g/mol. The third kappa shape index (κ3) is 3.02. The number of Topliss-reactive ketones (excluding diaryl/α,β-unsaturated/α-hetero) is 1. The normalized spacial score (nSPS) is 9.17. The number of halogens is 1. The van der Waals surface area contributed by atoms with Crippen LogP contribution in [0.15, 0.2) is 10.6 Å². The minimum atomic E-state index is -0.0406. The topological polar surface area (TPSA) is 69.1 Å². The highest BCUT2D eigenvalue weighted by Crippen LogP contribution is 2.02. The fourth-order valence-electron chi connectivity index (χ4n) is 0.766. The van der Waals surface area contributed by atoms with Crippen LogP contribution in [0.2, 0.25) is 0 Å². The van der Waals surface area contributed by atoms with Gasteiger partial charge in [0.25, 0.3) is 0 Å². The van der Waals surface area contributed by atoms with E-state index in [1.54, 1.807) is 13.0 Å². The number of nitrogens with zero attached hydrogens (tertiary/aromatic N) is 1. The van der Waals surface area contributed by atoms with Crippen LogP contribution in [0.25, 0.3) is 0 Å². The second-order valence-electron chi connectivity index (χ2n) is 2.35. The van der Waals surface area contributed by atoms with Crippen molar-refractivity contribution in [1.82, 2.24) is 5.16 Å². The van der Waals surface area contributed by atoms with Crippen molar-refractivity contribution in [2.75, 3.05) is 6.54 Å². The SMILES string of the molecule is Cc1cc(CC(=O)CN)on1.Cl. The monoisotopic (exact) mass is 190 g/mol. The maximum absolute atomic E-state index is 10.8. The second kappa shape index (κ2) is 4.90. The molecule has 0 aliphatic rings. The first kappa shape index (κ1) is 11.1. The van der Waals surface area contributed by atoms with E-state index in [1.165, 1.54) is 0 Å². The van der Waals surface area contributed by atoms with Crippen LogP contribution in [0.1, 0.15) is 11.5 Å². The minimum Gasteiger partial charge on any atom is -0.361 e. The van der Waals surface area contributed by atoms with Crippen LogP contribution < -0.4 is 5.73 Å². The van der Waals surface area contributed by atoms with E-state index in [4.69, 9.17) is 10.3 Å². The zero-order valence-electron chi connectivity index (χ0n) is 6.74. The first-order valence-corrected chi connectivity index (χ1v) is 3.36. The van der Waals surface area contributed by atoms with Gasteiger partial charge in [0, 0.05) is 6.07 Å². The maximum Gasteiger partial charge on any atom is 0.154 e. The van der Waals surface area contributed by atoms with Crippen molar-refractivity contribution >= 4 is 18.2 Å². The fourth-order valence-corrected chi connectivity index (χ4v) is 0.766. The van der Waals surface area contributed by atoms with Gasteiger partial charge in [-0.25, -0.2) is 0 Å². The Kier molecular flexibility index (Phi) is 4.54. The molecule has 0 saturated heterocycles. The first-order valence-electron chi connectivity index (χ1n) is 3.36. The highest BCUT2D eigenvalue weighted by Gasteiger charge is 2.05. The van der Waals surface area contributed by atoms with E-state index in [0.717, 1.165) is 5.69 Å². The van der Waals surface area contributed by atoms with Crippen molar-refractivity contribution < 1.29 is 9.32 Å². The highest BCUT2D eigenvalue weighted by atomic mass is 35.5. The van der Waals surface area contributed by atoms with Crippen molar-refractivity contribution in [2.45, 2.75) is 13.3 Å². The molecule has 0 aliphatic carbocycles. The van der Waals surface area contributed by atoms with E-state index in [9.17, 15) is 4.79 Å². The lowest BCUT2D eigenvalue weighted by Gasteiger charge is -1.89. The van der Waals surface area contributed by atoms with E-state index >= 15 is 0 Å². The van der Waals surface area contributed by atoms with E-state index in [0.29, 0.717) is 5.76 Å². The summed E-state index contributed by atoms with van der Waals surface area (Å²) < 4.78 is 4.81. The van der Waals surface area contributed by atoms with Gasteiger partial charge < -0.3 is 10.3 Å². The molecule has 2 N–H and O–H groups in total. The number of rotatable bonds is 3. The Morgan fingerprint density at radius 3 is 2.83 bits per heavy atom. The number of hydrogen-bond acceptors (Lipinski definition) is 4. The molecule has 0 unspecified atom stereocenters. The van der Waals surface area contributed by atoms with E-state index in [2.05, 4.69) is 5.16 Å². The Morgan fingerprint density at radius 1 is 1.75 bits per heavy atom. The summed E-state index contributed by atoms with van der Waals surface area (Å²) in [5, 5.41) is 3.64. The van der Waals surface area contributed by atoms with E-state index in [1.807, 2.05) is 0 Å². The lowest BCUT2D eigenvalue weighted by Crippen LogP contribution is -2.15. The minimum absolute atomic E-state index is 0. The quantitative estimate of drug-likeness (QED) is 0.753. The zero-order valence-corrected chi connectivity index (χ0v) is 7.56. The van der Waals surface area contributed by atoms with Crippen LogP contribution in [-0.4, -0.2) is 17.5 Å². The molecule has 1 aromatic rings. The molecule has 1 rings (SSSR count). The molecule has 0 atom stereocenters. The number of carbonyl (C=O) groups is 1. The van der Waals surface area contributed by atoms with Gasteiger partial charge in [-0.2, -0.15) is 0 Å². The molecule has 0 radical (unpaired) electrons. The Balaban J connectivity index is 0.00000121. The van der Waals surface area contributed by atoms with Gasteiger partial charge in [-0.1, -0.05) is 5.16 Å². The summed E-state index contributed by atoms with van der Waals surface area (Å²) in [4.78, 5) is 10.8. The molecule has 0 aliphatic heterocycles. The number of nitrogens with two attached hydrogens (primary N) is 1. The summed E-state index contributed by atoms with van der Waals surface area (Å²) >= 11 is 0. The molecular weight excluding hydrogens is 180 g/mol. The summed E-state index contributed by atoms with van der Waals surface area (Å²) in [5.41, 5.74) is 5.90.